The van der Waals surface area contributed by atoms with Gasteiger partial charge >= 0.3 is 5.97 Å². The third kappa shape index (κ3) is 3.37. The van der Waals surface area contributed by atoms with Gasteiger partial charge in [0.1, 0.15) is 5.69 Å². The van der Waals surface area contributed by atoms with Crippen molar-refractivity contribution in [2.45, 2.75) is 26.4 Å². The highest BCUT2D eigenvalue weighted by atomic mass is 16.5. The van der Waals surface area contributed by atoms with Crippen molar-refractivity contribution >= 4 is 23.5 Å². The Labute approximate surface area is 144 Å². The second-order valence-corrected chi connectivity index (χ2v) is 5.72. The number of esters is 1. The summed E-state index contributed by atoms with van der Waals surface area (Å²) in [5.41, 5.74) is 1.20. The van der Waals surface area contributed by atoms with Crippen LogP contribution >= 0.6 is 0 Å². The fourth-order valence-electron chi connectivity index (χ4n) is 2.65. The van der Waals surface area contributed by atoms with E-state index in [1.165, 1.54) is 6.33 Å². The second-order valence-electron chi connectivity index (χ2n) is 5.72. The van der Waals surface area contributed by atoms with Crippen molar-refractivity contribution in [3.05, 3.63) is 47.5 Å². The van der Waals surface area contributed by atoms with E-state index in [0.29, 0.717) is 24.4 Å². The standard InChI is InChI=1S/C17H18N4O4/c1-3-25-17(24)11-4-6-12(7-5-11)20-15(22)13-14-16(23)19-10(2)8-21(14)9-18-13/h4-7,9-10H,3,8H2,1-2H3,(H,19,23)(H,20,22)/t10-/m1/s1. The summed E-state index contributed by atoms with van der Waals surface area (Å²) in [4.78, 5) is 40.2. The molecular weight excluding hydrogens is 324 g/mol. The number of anilines is 1. The summed E-state index contributed by atoms with van der Waals surface area (Å²) in [5.74, 6) is -1.23. The number of nitrogens with one attached hydrogen (secondary N) is 2. The molecule has 0 bridgehead atoms. The van der Waals surface area contributed by atoms with Gasteiger partial charge in [-0.25, -0.2) is 9.78 Å². The van der Waals surface area contributed by atoms with E-state index in [2.05, 4.69) is 15.6 Å². The van der Waals surface area contributed by atoms with Gasteiger partial charge in [0.2, 0.25) is 0 Å². The highest BCUT2D eigenvalue weighted by molar-refractivity contribution is 6.10. The van der Waals surface area contributed by atoms with Crippen molar-refractivity contribution in [1.82, 2.24) is 14.9 Å². The van der Waals surface area contributed by atoms with Gasteiger partial charge in [-0.1, -0.05) is 0 Å². The van der Waals surface area contributed by atoms with Crippen molar-refractivity contribution in [2.75, 3.05) is 11.9 Å². The van der Waals surface area contributed by atoms with E-state index in [1.807, 2.05) is 6.92 Å². The summed E-state index contributed by atoms with van der Waals surface area (Å²) < 4.78 is 6.58. The molecule has 25 heavy (non-hydrogen) atoms. The summed E-state index contributed by atoms with van der Waals surface area (Å²) in [6, 6.07) is 6.29. The minimum absolute atomic E-state index is 0.0134. The van der Waals surface area contributed by atoms with Crippen LogP contribution < -0.4 is 10.6 Å². The van der Waals surface area contributed by atoms with Crippen LogP contribution in [-0.2, 0) is 11.3 Å². The average molecular weight is 342 g/mol. The number of carbonyl (C=O) groups excluding carboxylic acids is 3. The van der Waals surface area contributed by atoms with Crippen molar-refractivity contribution in [2.24, 2.45) is 0 Å². The fraction of sp³-hybridized carbons (Fsp3) is 0.294. The van der Waals surface area contributed by atoms with Gasteiger partial charge in [-0.15, -0.1) is 0 Å². The van der Waals surface area contributed by atoms with E-state index in [0.717, 1.165) is 0 Å². The van der Waals surface area contributed by atoms with E-state index >= 15 is 0 Å². The first kappa shape index (κ1) is 16.7. The average Bonchev–Trinajstić information content (AvgIpc) is 3.00. The van der Waals surface area contributed by atoms with Crippen LogP contribution in [-0.4, -0.2) is 40.0 Å². The van der Waals surface area contributed by atoms with Gasteiger partial charge in [-0.05, 0) is 38.1 Å². The summed E-state index contributed by atoms with van der Waals surface area (Å²) in [5, 5.41) is 5.46. The van der Waals surface area contributed by atoms with Crippen LogP contribution in [0.15, 0.2) is 30.6 Å². The highest BCUT2D eigenvalue weighted by Gasteiger charge is 2.28. The minimum Gasteiger partial charge on any atom is -0.462 e. The smallest absolute Gasteiger partial charge is 0.338 e. The van der Waals surface area contributed by atoms with Crippen molar-refractivity contribution in [3.63, 3.8) is 0 Å². The van der Waals surface area contributed by atoms with Crippen LogP contribution in [0.3, 0.4) is 0 Å². The van der Waals surface area contributed by atoms with Gasteiger partial charge in [-0.3, -0.25) is 9.59 Å². The Bertz CT molecular complexity index is 826. The van der Waals surface area contributed by atoms with E-state index < -0.39 is 11.9 Å². The fourth-order valence-corrected chi connectivity index (χ4v) is 2.65. The molecule has 2 heterocycles. The van der Waals surface area contributed by atoms with E-state index in [-0.39, 0.29) is 23.3 Å². The molecule has 0 saturated heterocycles. The number of benzene rings is 1. The first-order valence-electron chi connectivity index (χ1n) is 7.94. The van der Waals surface area contributed by atoms with E-state index in [9.17, 15) is 14.4 Å². The molecule has 0 spiro atoms. The molecule has 1 aromatic heterocycles. The van der Waals surface area contributed by atoms with Crippen LogP contribution in [0, 0.1) is 0 Å². The lowest BCUT2D eigenvalue weighted by molar-refractivity contribution is 0.0526. The normalized spacial score (nSPS) is 15.9. The molecule has 0 unspecified atom stereocenters. The van der Waals surface area contributed by atoms with Crippen molar-refractivity contribution < 1.29 is 19.1 Å². The van der Waals surface area contributed by atoms with Crippen molar-refractivity contribution in [1.29, 1.82) is 0 Å². The molecule has 2 N–H and O–H groups in total. The Morgan fingerprint density at radius 1 is 1.36 bits per heavy atom. The predicted molar refractivity (Wildman–Crippen MR) is 89.5 cm³/mol. The van der Waals surface area contributed by atoms with Gasteiger partial charge in [0.25, 0.3) is 11.8 Å². The number of imidazole rings is 1. The first-order chi connectivity index (χ1) is 12.0. The number of aromatic nitrogens is 2. The maximum atomic E-state index is 12.4. The number of hydrogen-bond acceptors (Lipinski definition) is 5. The highest BCUT2D eigenvalue weighted by Crippen LogP contribution is 2.16. The minimum atomic E-state index is -0.484. The number of carbonyl (C=O) groups is 3. The molecule has 8 nitrogen and oxygen atoms in total. The van der Waals surface area contributed by atoms with E-state index in [1.54, 1.807) is 35.8 Å². The maximum absolute atomic E-state index is 12.4. The zero-order valence-corrected chi connectivity index (χ0v) is 13.9. The number of rotatable bonds is 4. The molecule has 0 fully saturated rings. The Balaban J connectivity index is 1.75. The Hall–Kier alpha value is -3.16. The molecule has 3 rings (SSSR count). The Morgan fingerprint density at radius 3 is 2.76 bits per heavy atom. The molecule has 0 aliphatic carbocycles. The largest absolute Gasteiger partial charge is 0.462 e. The second kappa shape index (κ2) is 6.76. The molecular formula is C17H18N4O4. The summed E-state index contributed by atoms with van der Waals surface area (Å²) in [7, 11) is 0. The topological polar surface area (TPSA) is 102 Å². The van der Waals surface area contributed by atoms with Crippen LogP contribution in [0.5, 0.6) is 0 Å². The SMILES string of the molecule is CCOC(=O)c1ccc(NC(=O)c2ncn3c2C(=O)N[C@H](C)C3)cc1. The monoisotopic (exact) mass is 342 g/mol. The van der Waals surface area contributed by atoms with E-state index in [4.69, 9.17) is 4.74 Å². The summed E-state index contributed by atoms with van der Waals surface area (Å²) in [6.07, 6.45) is 1.49. The lowest BCUT2D eigenvalue weighted by Crippen LogP contribution is -2.42. The Kier molecular flexibility index (Phi) is 4.51. The maximum Gasteiger partial charge on any atom is 0.338 e. The lowest BCUT2D eigenvalue weighted by Gasteiger charge is -2.22. The molecule has 1 aliphatic rings. The third-order valence-electron chi connectivity index (χ3n) is 3.77. The molecule has 1 aliphatic heterocycles. The Morgan fingerprint density at radius 2 is 2.08 bits per heavy atom. The number of fused-ring (bicyclic) bond motifs is 1. The molecule has 1 aromatic carbocycles. The number of hydrogen-bond donors (Lipinski definition) is 2. The molecule has 2 amide bonds. The van der Waals surface area contributed by atoms with Gasteiger partial charge in [-0.2, -0.15) is 0 Å². The van der Waals surface area contributed by atoms with Crippen molar-refractivity contribution in [3.8, 4) is 0 Å². The van der Waals surface area contributed by atoms with Crippen LogP contribution in [0.4, 0.5) is 5.69 Å². The van der Waals surface area contributed by atoms with Crippen LogP contribution in [0.1, 0.15) is 45.2 Å². The van der Waals surface area contributed by atoms with Gasteiger partial charge in [0.05, 0.1) is 18.5 Å². The quantitative estimate of drug-likeness (QED) is 0.819. The molecule has 1 atom stereocenters. The summed E-state index contributed by atoms with van der Waals surface area (Å²) in [6.45, 7) is 4.47. The molecule has 0 radical (unpaired) electrons. The lowest BCUT2D eigenvalue weighted by atomic mass is 10.2. The van der Waals surface area contributed by atoms with Crippen LogP contribution in [0.2, 0.25) is 0 Å². The zero-order valence-electron chi connectivity index (χ0n) is 13.9. The van der Waals surface area contributed by atoms with Gasteiger partial charge < -0.3 is 19.9 Å². The number of nitrogens with zero attached hydrogens (tertiary/aromatic N) is 2. The molecule has 8 heteroatoms. The first-order valence-corrected chi connectivity index (χ1v) is 7.94. The molecule has 130 valence electrons. The predicted octanol–water partition coefficient (Wildman–Crippen LogP) is 1.44. The molecule has 0 saturated carbocycles. The van der Waals surface area contributed by atoms with Gasteiger partial charge in [0, 0.05) is 18.3 Å². The molecule has 2 aromatic rings. The third-order valence-corrected chi connectivity index (χ3v) is 3.77. The van der Waals surface area contributed by atoms with Crippen LogP contribution in [0.25, 0.3) is 0 Å². The zero-order chi connectivity index (χ0) is 18.0. The number of amides is 2. The van der Waals surface area contributed by atoms with Gasteiger partial charge in [0.15, 0.2) is 5.69 Å². The number of ether oxygens (including phenoxy) is 1. The summed E-state index contributed by atoms with van der Waals surface area (Å²) >= 11 is 0.